The Hall–Kier alpha value is -2.63. The summed E-state index contributed by atoms with van der Waals surface area (Å²) in [6.07, 6.45) is -9.39. The molecule has 3 atom stereocenters. The first-order valence-corrected chi connectivity index (χ1v) is 12.8. The van der Waals surface area contributed by atoms with Crippen molar-refractivity contribution < 1.29 is 45.7 Å². The average Bonchev–Trinajstić information content (AvgIpc) is 2.90. The maximum absolute atomic E-state index is 13.1. The van der Waals surface area contributed by atoms with E-state index in [4.69, 9.17) is 9.47 Å². The zero-order valence-electron chi connectivity index (χ0n) is 22.0. The molecule has 1 heterocycles. The van der Waals surface area contributed by atoms with Crippen molar-refractivity contribution in [2.75, 3.05) is 13.1 Å². The maximum atomic E-state index is 13.1. The van der Waals surface area contributed by atoms with Crippen molar-refractivity contribution in [2.45, 2.75) is 76.8 Å². The molecule has 1 saturated heterocycles. The van der Waals surface area contributed by atoms with Gasteiger partial charge in [0.25, 0.3) is 0 Å². The van der Waals surface area contributed by atoms with Gasteiger partial charge in [-0.2, -0.15) is 26.3 Å². The first kappa shape index (κ1) is 30.9. The normalized spacial score (nSPS) is 21.7. The Bertz CT molecular complexity index is 1030. The second-order valence-electron chi connectivity index (χ2n) is 9.88. The lowest BCUT2D eigenvalue weighted by Gasteiger charge is -2.49. The molecule has 0 aromatic heterocycles. The second kappa shape index (κ2) is 11.9. The zero-order chi connectivity index (χ0) is 29.1. The Morgan fingerprint density at radius 2 is 1.28 bits per heavy atom. The maximum Gasteiger partial charge on any atom is 0.416 e. The van der Waals surface area contributed by atoms with Crippen LogP contribution in [0.5, 0.6) is 0 Å². The number of benzene rings is 2. The van der Waals surface area contributed by atoms with Crippen LogP contribution in [-0.4, -0.2) is 30.0 Å². The Balaban J connectivity index is 2.02. The minimum atomic E-state index is -4.52. The van der Waals surface area contributed by atoms with Crippen LogP contribution in [-0.2, 0) is 26.6 Å². The van der Waals surface area contributed by atoms with Crippen molar-refractivity contribution in [2.24, 2.45) is 5.41 Å². The zero-order valence-corrected chi connectivity index (χ0v) is 22.0. The van der Waals surface area contributed by atoms with Gasteiger partial charge < -0.3 is 19.9 Å². The smallest absolute Gasteiger partial charge is 0.416 e. The minimum Gasteiger partial charge on any atom is -0.481 e. The average molecular weight is 562 g/mol. The molecule has 5 nitrogen and oxygen atoms in total. The number of hydrogen-bond donors (Lipinski definition) is 2. The molecule has 0 aliphatic carbocycles. The van der Waals surface area contributed by atoms with E-state index in [0.29, 0.717) is 36.9 Å². The Morgan fingerprint density at radius 1 is 0.872 bits per heavy atom. The molecule has 3 rings (SSSR count). The van der Waals surface area contributed by atoms with Gasteiger partial charge in [0.1, 0.15) is 5.41 Å². The lowest BCUT2D eigenvalue weighted by molar-refractivity contribution is -0.325. The van der Waals surface area contributed by atoms with Crippen molar-refractivity contribution in [3.63, 3.8) is 0 Å². The second-order valence-corrected chi connectivity index (χ2v) is 9.88. The van der Waals surface area contributed by atoms with Gasteiger partial charge in [-0.05, 0) is 74.5 Å². The van der Waals surface area contributed by atoms with Gasteiger partial charge in [-0.1, -0.05) is 38.1 Å². The summed E-state index contributed by atoms with van der Waals surface area (Å²) < 4.78 is 91.5. The minimum absolute atomic E-state index is 0.00568. The van der Waals surface area contributed by atoms with E-state index in [9.17, 15) is 36.2 Å². The molecule has 2 aromatic rings. The highest BCUT2D eigenvalue weighted by Crippen LogP contribution is 2.48. The highest BCUT2D eigenvalue weighted by atomic mass is 19.4. The van der Waals surface area contributed by atoms with Crippen LogP contribution in [0.1, 0.15) is 80.9 Å². The van der Waals surface area contributed by atoms with Crippen molar-refractivity contribution in [1.82, 2.24) is 5.32 Å². The third kappa shape index (κ3) is 6.75. The third-order valence-corrected chi connectivity index (χ3v) is 7.36. The lowest BCUT2D eigenvalue weighted by Crippen LogP contribution is -2.62. The van der Waals surface area contributed by atoms with E-state index in [1.165, 1.54) is 31.2 Å². The SMILES string of the molecule is CCC(OC(C)(OC(CC)c1ccc(C(F)(F)F)cc1)C1(C(=O)O)CCCNC1)c1ccc(C(F)(F)F)cc1. The van der Waals surface area contributed by atoms with Gasteiger partial charge >= 0.3 is 18.3 Å². The van der Waals surface area contributed by atoms with Crippen molar-refractivity contribution in [3.8, 4) is 0 Å². The number of hydrogen-bond acceptors (Lipinski definition) is 4. The number of halogens is 6. The predicted molar refractivity (Wildman–Crippen MR) is 132 cm³/mol. The number of nitrogens with one attached hydrogen (secondary N) is 1. The quantitative estimate of drug-likeness (QED) is 0.232. The molecule has 0 radical (unpaired) electrons. The van der Waals surface area contributed by atoms with Crippen molar-refractivity contribution >= 4 is 5.97 Å². The molecule has 39 heavy (non-hydrogen) atoms. The molecule has 2 aromatic carbocycles. The lowest BCUT2D eigenvalue weighted by atomic mass is 9.73. The number of carbonyl (C=O) groups is 1. The van der Waals surface area contributed by atoms with E-state index in [1.807, 2.05) is 0 Å². The number of carboxylic acid groups (broad SMARTS) is 1. The monoisotopic (exact) mass is 561 g/mol. The number of rotatable bonds is 10. The summed E-state index contributed by atoms with van der Waals surface area (Å²) in [7, 11) is 0. The van der Waals surface area contributed by atoms with Crippen LogP contribution < -0.4 is 5.32 Å². The van der Waals surface area contributed by atoms with Crippen LogP contribution in [0.25, 0.3) is 0 Å². The first-order valence-electron chi connectivity index (χ1n) is 12.8. The fraction of sp³-hybridized carbons (Fsp3) is 0.536. The molecule has 0 amide bonds. The molecule has 2 N–H and O–H groups in total. The molecule has 1 aliphatic heterocycles. The fourth-order valence-corrected chi connectivity index (χ4v) is 5.01. The Labute approximate surface area is 223 Å². The van der Waals surface area contributed by atoms with Gasteiger partial charge in [0.15, 0.2) is 5.79 Å². The molecular formula is C28H33F6NO4. The molecule has 3 unspecified atom stereocenters. The van der Waals surface area contributed by atoms with Crippen LogP contribution >= 0.6 is 0 Å². The number of aliphatic carboxylic acids is 1. The Kier molecular flexibility index (Phi) is 9.39. The van der Waals surface area contributed by atoms with E-state index in [0.717, 1.165) is 24.3 Å². The summed E-state index contributed by atoms with van der Waals surface area (Å²) in [4.78, 5) is 12.8. The van der Waals surface area contributed by atoms with Crippen molar-refractivity contribution in [3.05, 3.63) is 70.8 Å². The third-order valence-electron chi connectivity index (χ3n) is 7.36. The molecule has 1 fully saturated rings. The van der Waals surface area contributed by atoms with E-state index in [-0.39, 0.29) is 13.0 Å². The van der Waals surface area contributed by atoms with Gasteiger partial charge in [0, 0.05) is 6.54 Å². The number of carboxylic acids is 1. The Morgan fingerprint density at radius 3 is 1.56 bits per heavy atom. The summed E-state index contributed by atoms with van der Waals surface area (Å²) in [5.41, 5.74) is -2.41. The summed E-state index contributed by atoms with van der Waals surface area (Å²) >= 11 is 0. The van der Waals surface area contributed by atoms with Crippen LogP contribution in [0.2, 0.25) is 0 Å². The standard InChI is InChI=1S/C28H33F6NO4/c1-4-22(18-7-11-20(12-8-18)27(29,30)31)38-25(3,26(24(36)37)15-6-16-35-17-26)39-23(5-2)19-9-13-21(14-10-19)28(32,33)34/h7-14,22-23,35H,4-6,15-17H2,1-3H3,(H,36,37). The highest BCUT2D eigenvalue weighted by Gasteiger charge is 2.58. The topological polar surface area (TPSA) is 67.8 Å². The van der Waals surface area contributed by atoms with E-state index >= 15 is 0 Å². The number of ether oxygens (including phenoxy) is 2. The van der Waals surface area contributed by atoms with E-state index in [1.54, 1.807) is 13.8 Å². The van der Waals surface area contributed by atoms with Crippen molar-refractivity contribution in [1.29, 1.82) is 0 Å². The largest absolute Gasteiger partial charge is 0.481 e. The van der Waals surface area contributed by atoms with Crippen LogP contribution in [0.4, 0.5) is 26.3 Å². The molecule has 0 bridgehead atoms. The molecule has 11 heteroatoms. The molecule has 0 spiro atoms. The summed E-state index contributed by atoms with van der Waals surface area (Å²) in [5.74, 6) is -2.99. The van der Waals surface area contributed by atoms with Gasteiger partial charge in [-0.15, -0.1) is 0 Å². The van der Waals surface area contributed by atoms with Gasteiger partial charge in [-0.25, -0.2) is 0 Å². The molecule has 216 valence electrons. The summed E-state index contributed by atoms with van der Waals surface area (Å²) in [6.45, 7) is 5.58. The van der Waals surface area contributed by atoms with Crippen LogP contribution in [0.3, 0.4) is 0 Å². The first-order chi connectivity index (χ1) is 18.2. The van der Waals surface area contributed by atoms with Crippen LogP contribution in [0.15, 0.2) is 48.5 Å². The summed E-state index contributed by atoms with van der Waals surface area (Å²) in [6, 6.07) is 8.90. The fourth-order valence-electron chi connectivity index (χ4n) is 5.01. The van der Waals surface area contributed by atoms with E-state index in [2.05, 4.69) is 5.32 Å². The van der Waals surface area contributed by atoms with Gasteiger partial charge in [0.2, 0.25) is 0 Å². The molecule has 1 aliphatic rings. The molecule has 0 saturated carbocycles. The van der Waals surface area contributed by atoms with Gasteiger partial charge in [-0.3, -0.25) is 4.79 Å². The molecular weight excluding hydrogens is 528 g/mol. The van der Waals surface area contributed by atoms with E-state index < -0.39 is 52.9 Å². The predicted octanol–water partition coefficient (Wildman–Crippen LogP) is 7.53. The summed E-state index contributed by atoms with van der Waals surface area (Å²) in [5, 5.41) is 13.5. The highest BCUT2D eigenvalue weighted by molar-refractivity contribution is 5.76. The van der Waals surface area contributed by atoms with Crippen LogP contribution in [0, 0.1) is 5.41 Å². The number of piperidine rings is 1. The van der Waals surface area contributed by atoms with Gasteiger partial charge in [0.05, 0.1) is 23.3 Å². The number of alkyl halides is 6.